The van der Waals surface area contributed by atoms with Crippen molar-refractivity contribution in [2.24, 2.45) is 5.16 Å². The number of methoxy groups -OCH3 is 1. The third-order valence-electron chi connectivity index (χ3n) is 1.63. The fourth-order valence-corrected chi connectivity index (χ4v) is 1.13. The number of hydrogen-bond acceptors (Lipinski definition) is 3. The highest BCUT2D eigenvalue weighted by Gasteiger charge is 2.21. The molecule has 0 bridgehead atoms. The zero-order valence-electron chi connectivity index (χ0n) is 7.39. The molecule has 1 aromatic rings. The topological polar surface area (TPSA) is 41.8 Å². The van der Waals surface area contributed by atoms with E-state index in [-0.39, 0.29) is 5.56 Å². The molecule has 0 heterocycles. The number of halogens is 4. The van der Waals surface area contributed by atoms with Crippen LogP contribution in [0.4, 0.5) is 13.2 Å². The van der Waals surface area contributed by atoms with Crippen LogP contribution in [0.3, 0.4) is 0 Å². The lowest BCUT2D eigenvalue weighted by Crippen LogP contribution is -2.04. The first kappa shape index (κ1) is 11.6. The fraction of sp³-hybridized carbons (Fsp3) is 0.125. The molecule has 3 nitrogen and oxygen atoms in total. The Bertz CT molecular complexity index is 423. The van der Waals surface area contributed by atoms with Crippen LogP contribution in [-0.4, -0.2) is 17.5 Å². The van der Waals surface area contributed by atoms with Gasteiger partial charge in [0.2, 0.25) is 5.82 Å². The van der Waals surface area contributed by atoms with Crippen molar-refractivity contribution in [3.05, 3.63) is 29.1 Å². The van der Waals surface area contributed by atoms with Crippen LogP contribution in [-0.2, 0) is 0 Å². The molecule has 15 heavy (non-hydrogen) atoms. The van der Waals surface area contributed by atoms with Gasteiger partial charge in [0, 0.05) is 0 Å². The van der Waals surface area contributed by atoms with Crippen molar-refractivity contribution in [3.63, 3.8) is 0 Å². The number of hydrogen-bond donors (Lipinski definition) is 1. The molecule has 0 atom stereocenters. The van der Waals surface area contributed by atoms with Gasteiger partial charge in [-0.05, 0) is 6.07 Å². The smallest absolute Gasteiger partial charge is 0.204 e. The predicted octanol–water partition coefficient (Wildman–Crippen LogP) is 2.49. The maximum Gasteiger partial charge on any atom is 0.204 e. The number of oxime groups is 1. The van der Waals surface area contributed by atoms with E-state index in [2.05, 4.69) is 9.89 Å². The van der Waals surface area contributed by atoms with Crippen LogP contribution in [0.1, 0.15) is 5.56 Å². The standard InChI is InChI=1S/C8H5ClF3NO2/c1-15-7-3(8(9)13-14)2-4(10)5(11)6(7)12/h2,14H,1H3. The normalized spacial score (nSPS) is 11.7. The van der Waals surface area contributed by atoms with E-state index in [4.69, 9.17) is 16.8 Å². The molecule has 0 unspecified atom stereocenters. The van der Waals surface area contributed by atoms with Gasteiger partial charge in [-0.25, -0.2) is 8.78 Å². The second-order valence-electron chi connectivity index (χ2n) is 2.46. The van der Waals surface area contributed by atoms with Crippen LogP contribution in [0, 0.1) is 17.5 Å². The lowest BCUT2D eigenvalue weighted by molar-refractivity contribution is 0.320. The molecule has 0 aliphatic rings. The van der Waals surface area contributed by atoms with E-state index in [1.54, 1.807) is 0 Å². The Morgan fingerprint density at radius 2 is 2.00 bits per heavy atom. The molecule has 0 aliphatic heterocycles. The number of rotatable bonds is 2. The number of benzene rings is 1. The highest BCUT2D eigenvalue weighted by Crippen LogP contribution is 2.28. The summed E-state index contributed by atoms with van der Waals surface area (Å²) in [7, 11) is 1.04. The van der Waals surface area contributed by atoms with Crippen LogP contribution in [0.15, 0.2) is 11.2 Å². The van der Waals surface area contributed by atoms with Crippen LogP contribution >= 0.6 is 11.6 Å². The van der Waals surface area contributed by atoms with Crippen LogP contribution < -0.4 is 4.74 Å². The van der Waals surface area contributed by atoms with E-state index < -0.39 is 28.4 Å². The molecule has 0 fully saturated rings. The van der Waals surface area contributed by atoms with E-state index in [0.29, 0.717) is 6.07 Å². The molecule has 0 saturated carbocycles. The highest BCUT2D eigenvalue weighted by molar-refractivity contribution is 6.69. The molecule has 7 heteroatoms. The maximum atomic E-state index is 13.1. The molecule has 0 spiro atoms. The quantitative estimate of drug-likeness (QED) is 0.373. The van der Waals surface area contributed by atoms with Gasteiger partial charge in [-0.15, -0.1) is 0 Å². The van der Waals surface area contributed by atoms with Crippen molar-refractivity contribution in [2.75, 3.05) is 7.11 Å². The van der Waals surface area contributed by atoms with E-state index in [0.717, 1.165) is 7.11 Å². The van der Waals surface area contributed by atoms with Gasteiger partial charge >= 0.3 is 0 Å². The van der Waals surface area contributed by atoms with Crippen LogP contribution in [0.25, 0.3) is 0 Å². The van der Waals surface area contributed by atoms with E-state index in [1.165, 1.54) is 0 Å². The van der Waals surface area contributed by atoms with Crippen molar-refractivity contribution >= 4 is 16.8 Å². The largest absolute Gasteiger partial charge is 0.493 e. The van der Waals surface area contributed by atoms with Crippen molar-refractivity contribution in [1.82, 2.24) is 0 Å². The molecule has 1 rings (SSSR count). The lowest BCUT2D eigenvalue weighted by Gasteiger charge is -2.08. The Morgan fingerprint density at radius 1 is 1.40 bits per heavy atom. The maximum absolute atomic E-state index is 13.1. The predicted molar refractivity (Wildman–Crippen MR) is 47.0 cm³/mol. The third-order valence-corrected chi connectivity index (χ3v) is 1.91. The minimum atomic E-state index is -1.68. The molecule has 0 amide bonds. The van der Waals surface area contributed by atoms with Gasteiger partial charge in [-0.2, -0.15) is 4.39 Å². The third kappa shape index (κ3) is 1.99. The molecular weight excluding hydrogens is 235 g/mol. The Labute approximate surface area is 87.7 Å². The molecule has 0 aliphatic carbocycles. The zero-order valence-corrected chi connectivity index (χ0v) is 8.15. The summed E-state index contributed by atoms with van der Waals surface area (Å²) in [6.45, 7) is 0. The Balaban J connectivity index is 3.52. The summed E-state index contributed by atoms with van der Waals surface area (Å²) in [5.41, 5.74) is -0.377. The average Bonchev–Trinajstić information content (AvgIpc) is 2.24. The highest BCUT2D eigenvalue weighted by atomic mass is 35.5. The molecule has 0 saturated heterocycles. The minimum Gasteiger partial charge on any atom is -0.493 e. The van der Waals surface area contributed by atoms with Crippen LogP contribution in [0.2, 0.25) is 0 Å². The first-order chi connectivity index (χ1) is 7.02. The minimum absolute atomic E-state index is 0.377. The summed E-state index contributed by atoms with van der Waals surface area (Å²) in [6.07, 6.45) is 0. The van der Waals surface area contributed by atoms with Gasteiger partial charge < -0.3 is 9.94 Å². The SMILES string of the molecule is COc1c(C(Cl)=NO)cc(F)c(F)c1F. The van der Waals surface area contributed by atoms with Crippen molar-refractivity contribution < 1.29 is 23.1 Å². The molecule has 82 valence electrons. The Hall–Kier alpha value is -1.43. The van der Waals surface area contributed by atoms with Gasteiger partial charge in [0.25, 0.3) is 0 Å². The molecule has 1 aromatic carbocycles. The summed E-state index contributed by atoms with van der Waals surface area (Å²) in [5.74, 6) is -5.30. The number of nitrogens with zero attached hydrogens (tertiary/aromatic N) is 1. The van der Waals surface area contributed by atoms with Crippen molar-refractivity contribution in [1.29, 1.82) is 0 Å². The van der Waals surface area contributed by atoms with E-state index in [9.17, 15) is 13.2 Å². The van der Waals surface area contributed by atoms with Gasteiger partial charge in [0.1, 0.15) is 0 Å². The first-order valence-corrected chi connectivity index (χ1v) is 4.00. The summed E-state index contributed by atoms with van der Waals surface area (Å²) >= 11 is 5.34. The molecule has 0 radical (unpaired) electrons. The van der Waals surface area contributed by atoms with Gasteiger partial charge in [0.05, 0.1) is 12.7 Å². The number of ether oxygens (including phenoxy) is 1. The average molecular weight is 240 g/mol. The van der Waals surface area contributed by atoms with Gasteiger partial charge in [-0.1, -0.05) is 16.8 Å². The van der Waals surface area contributed by atoms with Crippen LogP contribution in [0.5, 0.6) is 5.75 Å². The van der Waals surface area contributed by atoms with E-state index in [1.807, 2.05) is 0 Å². The summed E-state index contributed by atoms with van der Waals surface area (Å²) in [4.78, 5) is 0. The van der Waals surface area contributed by atoms with Gasteiger partial charge in [-0.3, -0.25) is 0 Å². The lowest BCUT2D eigenvalue weighted by atomic mass is 10.2. The Morgan fingerprint density at radius 3 is 2.47 bits per heavy atom. The molecule has 1 N–H and O–H groups in total. The second-order valence-corrected chi connectivity index (χ2v) is 2.82. The van der Waals surface area contributed by atoms with E-state index >= 15 is 0 Å². The summed E-state index contributed by atoms with van der Waals surface area (Å²) in [5, 5.41) is 10.2. The van der Waals surface area contributed by atoms with Crippen molar-refractivity contribution in [3.8, 4) is 5.75 Å². The second kappa shape index (κ2) is 4.39. The zero-order chi connectivity index (χ0) is 11.6. The summed E-state index contributed by atoms with van der Waals surface area (Å²) < 4.78 is 43.1. The fourth-order valence-electron chi connectivity index (χ4n) is 0.985. The molecular formula is C8H5ClF3NO2. The molecule has 0 aromatic heterocycles. The monoisotopic (exact) mass is 239 g/mol. The van der Waals surface area contributed by atoms with Gasteiger partial charge in [0.15, 0.2) is 22.6 Å². The van der Waals surface area contributed by atoms with Crippen molar-refractivity contribution in [2.45, 2.75) is 0 Å². The first-order valence-electron chi connectivity index (χ1n) is 3.62. The Kier molecular flexibility index (Phi) is 3.41. The summed E-state index contributed by atoms with van der Waals surface area (Å²) in [6, 6.07) is 0.569.